The van der Waals surface area contributed by atoms with Gasteiger partial charge in [0.15, 0.2) is 0 Å². The Hall–Kier alpha value is -1.73. The smallest absolute Gasteiger partial charge is 0.277 e. The zero-order chi connectivity index (χ0) is 17.5. The molecule has 1 atom stereocenters. The van der Waals surface area contributed by atoms with Gasteiger partial charge in [-0.3, -0.25) is 4.90 Å². The summed E-state index contributed by atoms with van der Waals surface area (Å²) in [4.78, 5) is 2.31. The van der Waals surface area contributed by atoms with E-state index >= 15 is 0 Å². The molecule has 6 heteroatoms. The molecule has 5 nitrogen and oxygen atoms in total. The largest absolute Gasteiger partial charge is 0.298 e. The second-order valence-corrected chi connectivity index (χ2v) is 8.02. The minimum Gasteiger partial charge on any atom is -0.298 e. The Kier molecular flexibility index (Phi) is 6.20. The van der Waals surface area contributed by atoms with E-state index in [1.165, 1.54) is 5.56 Å². The maximum atomic E-state index is 12.3. The standard InChI is InChI=1S/C19H25N3O2S/c23-25(24,20-14-17-8-3-1-4-9-17)21-19-12-7-13-22(16-19)15-18-10-5-2-6-11-18/h1-6,8-11,19-21H,7,12-16H2. The van der Waals surface area contributed by atoms with E-state index in [0.29, 0.717) is 6.54 Å². The molecule has 2 N–H and O–H groups in total. The average molecular weight is 359 g/mol. The maximum Gasteiger partial charge on any atom is 0.277 e. The van der Waals surface area contributed by atoms with Crippen molar-refractivity contribution in [3.05, 3.63) is 71.8 Å². The van der Waals surface area contributed by atoms with Crippen LogP contribution in [0.25, 0.3) is 0 Å². The Labute approximate surface area is 150 Å². The molecule has 0 aromatic heterocycles. The number of nitrogens with one attached hydrogen (secondary N) is 2. The van der Waals surface area contributed by atoms with Gasteiger partial charge in [-0.2, -0.15) is 17.9 Å². The fourth-order valence-corrected chi connectivity index (χ4v) is 4.24. The number of benzene rings is 2. The first-order valence-electron chi connectivity index (χ1n) is 8.68. The Balaban J connectivity index is 1.51. The maximum absolute atomic E-state index is 12.3. The Bertz CT molecular complexity index is 751. The van der Waals surface area contributed by atoms with Crippen LogP contribution in [0.15, 0.2) is 60.7 Å². The van der Waals surface area contributed by atoms with Crippen LogP contribution in [0, 0.1) is 0 Å². The van der Waals surface area contributed by atoms with Gasteiger partial charge in [0.1, 0.15) is 0 Å². The van der Waals surface area contributed by atoms with Crippen molar-refractivity contribution in [3.8, 4) is 0 Å². The van der Waals surface area contributed by atoms with E-state index in [4.69, 9.17) is 0 Å². The summed E-state index contributed by atoms with van der Waals surface area (Å²) in [6.07, 6.45) is 1.87. The lowest BCUT2D eigenvalue weighted by Crippen LogP contribution is -2.50. The zero-order valence-corrected chi connectivity index (χ0v) is 15.1. The van der Waals surface area contributed by atoms with Crippen LogP contribution in [0.3, 0.4) is 0 Å². The van der Waals surface area contributed by atoms with Gasteiger partial charge in [0.2, 0.25) is 0 Å². The van der Waals surface area contributed by atoms with Crippen LogP contribution in [0.2, 0.25) is 0 Å². The molecule has 1 heterocycles. The molecule has 0 aliphatic carbocycles. The summed E-state index contributed by atoms with van der Waals surface area (Å²) in [6, 6.07) is 19.8. The van der Waals surface area contributed by atoms with Gasteiger partial charge in [-0.05, 0) is 30.5 Å². The summed E-state index contributed by atoms with van der Waals surface area (Å²) in [5.74, 6) is 0. The van der Waals surface area contributed by atoms with Crippen LogP contribution in [0.1, 0.15) is 24.0 Å². The van der Waals surface area contributed by atoms with Crippen LogP contribution in [-0.2, 0) is 23.3 Å². The molecule has 0 saturated carbocycles. The monoisotopic (exact) mass is 359 g/mol. The molecular formula is C19H25N3O2S. The van der Waals surface area contributed by atoms with E-state index in [-0.39, 0.29) is 6.04 Å². The topological polar surface area (TPSA) is 61.4 Å². The van der Waals surface area contributed by atoms with Gasteiger partial charge in [0.05, 0.1) is 0 Å². The Morgan fingerprint density at radius 3 is 2.28 bits per heavy atom. The van der Waals surface area contributed by atoms with Crippen molar-refractivity contribution in [2.45, 2.75) is 32.0 Å². The van der Waals surface area contributed by atoms with E-state index in [2.05, 4.69) is 26.5 Å². The summed E-state index contributed by atoms with van der Waals surface area (Å²) in [6.45, 7) is 2.90. The highest BCUT2D eigenvalue weighted by Gasteiger charge is 2.24. The van der Waals surface area contributed by atoms with Crippen molar-refractivity contribution in [2.75, 3.05) is 13.1 Å². The average Bonchev–Trinajstić information content (AvgIpc) is 2.62. The van der Waals surface area contributed by atoms with E-state index < -0.39 is 10.2 Å². The molecule has 134 valence electrons. The highest BCUT2D eigenvalue weighted by Crippen LogP contribution is 2.14. The molecule has 0 radical (unpaired) electrons. The van der Waals surface area contributed by atoms with Crippen LogP contribution in [0.4, 0.5) is 0 Å². The summed E-state index contributed by atoms with van der Waals surface area (Å²) in [7, 11) is -3.50. The molecule has 3 rings (SSSR count). The summed E-state index contributed by atoms with van der Waals surface area (Å²) in [5, 5.41) is 0. The van der Waals surface area contributed by atoms with E-state index in [0.717, 1.165) is 38.0 Å². The molecule has 0 amide bonds. The molecule has 1 aliphatic rings. The minimum absolute atomic E-state index is 0.0502. The van der Waals surface area contributed by atoms with Crippen LogP contribution >= 0.6 is 0 Å². The fourth-order valence-electron chi connectivity index (χ4n) is 3.17. The minimum atomic E-state index is -3.50. The lowest BCUT2D eigenvalue weighted by Gasteiger charge is -2.33. The summed E-state index contributed by atoms with van der Waals surface area (Å²) in [5.41, 5.74) is 2.20. The number of hydrogen-bond acceptors (Lipinski definition) is 3. The quantitative estimate of drug-likeness (QED) is 0.797. The molecule has 0 bridgehead atoms. The van der Waals surface area contributed by atoms with E-state index in [9.17, 15) is 8.42 Å². The van der Waals surface area contributed by atoms with Gasteiger partial charge in [0.25, 0.3) is 10.2 Å². The van der Waals surface area contributed by atoms with Crippen molar-refractivity contribution < 1.29 is 8.42 Å². The van der Waals surface area contributed by atoms with Gasteiger partial charge in [-0.1, -0.05) is 60.7 Å². The number of rotatable bonds is 7. The lowest BCUT2D eigenvalue weighted by atomic mass is 10.1. The third-order valence-electron chi connectivity index (χ3n) is 4.39. The second kappa shape index (κ2) is 8.58. The summed E-state index contributed by atoms with van der Waals surface area (Å²) < 4.78 is 30.0. The van der Waals surface area contributed by atoms with Crippen molar-refractivity contribution >= 4 is 10.2 Å². The molecule has 1 saturated heterocycles. The van der Waals surface area contributed by atoms with Crippen molar-refractivity contribution in [3.63, 3.8) is 0 Å². The normalized spacial score (nSPS) is 19.0. The van der Waals surface area contributed by atoms with Gasteiger partial charge < -0.3 is 0 Å². The Morgan fingerprint density at radius 2 is 1.60 bits per heavy atom. The van der Waals surface area contributed by atoms with Crippen molar-refractivity contribution in [1.82, 2.24) is 14.3 Å². The molecule has 2 aromatic rings. The molecule has 25 heavy (non-hydrogen) atoms. The highest BCUT2D eigenvalue weighted by atomic mass is 32.2. The third-order valence-corrected chi connectivity index (χ3v) is 5.55. The van der Waals surface area contributed by atoms with Gasteiger partial charge >= 0.3 is 0 Å². The molecular weight excluding hydrogens is 334 g/mol. The molecule has 1 aliphatic heterocycles. The van der Waals surface area contributed by atoms with Gasteiger partial charge in [0, 0.05) is 25.7 Å². The second-order valence-electron chi connectivity index (χ2n) is 6.49. The first kappa shape index (κ1) is 18.1. The van der Waals surface area contributed by atoms with Gasteiger partial charge in [-0.15, -0.1) is 0 Å². The van der Waals surface area contributed by atoms with E-state index in [1.54, 1.807) is 0 Å². The number of piperidine rings is 1. The zero-order valence-electron chi connectivity index (χ0n) is 14.3. The van der Waals surface area contributed by atoms with E-state index in [1.807, 2.05) is 48.5 Å². The first-order chi connectivity index (χ1) is 12.1. The van der Waals surface area contributed by atoms with Crippen molar-refractivity contribution in [2.24, 2.45) is 0 Å². The van der Waals surface area contributed by atoms with Crippen LogP contribution < -0.4 is 9.44 Å². The predicted octanol–water partition coefficient (Wildman–Crippen LogP) is 2.28. The van der Waals surface area contributed by atoms with Gasteiger partial charge in [-0.25, -0.2) is 0 Å². The first-order valence-corrected chi connectivity index (χ1v) is 10.2. The number of hydrogen-bond donors (Lipinski definition) is 2. The van der Waals surface area contributed by atoms with Crippen molar-refractivity contribution in [1.29, 1.82) is 0 Å². The summed E-state index contributed by atoms with van der Waals surface area (Å²) >= 11 is 0. The molecule has 1 fully saturated rings. The van der Waals surface area contributed by atoms with Crippen LogP contribution in [0.5, 0.6) is 0 Å². The molecule has 1 unspecified atom stereocenters. The fraction of sp³-hybridized carbons (Fsp3) is 0.368. The number of nitrogens with zero attached hydrogens (tertiary/aromatic N) is 1. The molecule has 2 aromatic carbocycles. The number of likely N-dealkylation sites (tertiary alicyclic amines) is 1. The molecule has 0 spiro atoms. The predicted molar refractivity (Wildman–Crippen MR) is 100 cm³/mol. The Morgan fingerprint density at radius 1 is 0.960 bits per heavy atom. The SMILES string of the molecule is O=S(=O)(NCc1ccccc1)NC1CCCN(Cc2ccccc2)C1. The lowest BCUT2D eigenvalue weighted by molar-refractivity contribution is 0.194. The van der Waals surface area contributed by atoms with Crippen LogP contribution in [-0.4, -0.2) is 32.4 Å². The highest BCUT2D eigenvalue weighted by molar-refractivity contribution is 7.87. The third kappa shape index (κ3) is 5.93.